The van der Waals surface area contributed by atoms with Gasteiger partial charge in [0.15, 0.2) is 0 Å². The lowest BCUT2D eigenvalue weighted by molar-refractivity contribution is 0.253. The van der Waals surface area contributed by atoms with Crippen molar-refractivity contribution in [2.75, 3.05) is 13.1 Å². The number of hydrogen-bond donors (Lipinski definition) is 1. The molecule has 0 radical (unpaired) electrons. The second kappa shape index (κ2) is 6.30. The summed E-state index contributed by atoms with van der Waals surface area (Å²) in [4.78, 5) is 2.50. The molecule has 1 aliphatic carbocycles. The van der Waals surface area contributed by atoms with Gasteiger partial charge in [-0.2, -0.15) is 0 Å². The van der Waals surface area contributed by atoms with Crippen molar-refractivity contribution in [1.29, 1.82) is 0 Å². The predicted octanol–water partition coefficient (Wildman–Crippen LogP) is 3.09. The fourth-order valence-corrected chi connectivity index (χ4v) is 2.44. The van der Waals surface area contributed by atoms with Crippen molar-refractivity contribution in [3.63, 3.8) is 0 Å². The molecule has 18 heavy (non-hydrogen) atoms. The third kappa shape index (κ3) is 3.53. The molecule has 1 aromatic carbocycles. The minimum Gasteiger partial charge on any atom is -0.324 e. The van der Waals surface area contributed by atoms with E-state index in [1.54, 1.807) is 12.1 Å². The zero-order chi connectivity index (χ0) is 13.0. The molecule has 0 saturated heterocycles. The highest BCUT2D eigenvalue weighted by molar-refractivity contribution is 5.20. The number of nitrogens with zero attached hydrogens (tertiary/aromatic N) is 1. The first-order valence-corrected chi connectivity index (χ1v) is 6.96. The number of hydrogen-bond acceptors (Lipinski definition) is 2. The maximum Gasteiger partial charge on any atom is 0.127 e. The van der Waals surface area contributed by atoms with Gasteiger partial charge in [-0.05, 0) is 38.3 Å². The maximum atomic E-state index is 13.6. The molecule has 1 atom stereocenters. The lowest BCUT2D eigenvalue weighted by Crippen LogP contribution is -2.30. The highest BCUT2D eigenvalue weighted by atomic mass is 19.1. The van der Waals surface area contributed by atoms with Crippen molar-refractivity contribution >= 4 is 0 Å². The Hall–Kier alpha value is -0.930. The summed E-state index contributed by atoms with van der Waals surface area (Å²) in [7, 11) is 0. The van der Waals surface area contributed by atoms with Crippen molar-refractivity contribution in [2.24, 2.45) is 5.73 Å². The summed E-state index contributed by atoms with van der Waals surface area (Å²) in [5.74, 6) is -0.182. The molecule has 1 aromatic rings. The molecular weight excluding hydrogens is 227 g/mol. The smallest absolute Gasteiger partial charge is 0.127 e. The molecule has 1 saturated carbocycles. The number of rotatable bonds is 7. The molecule has 1 fully saturated rings. The molecule has 1 aliphatic rings. The van der Waals surface area contributed by atoms with E-state index in [9.17, 15) is 4.39 Å². The average molecular weight is 250 g/mol. The van der Waals surface area contributed by atoms with Crippen LogP contribution < -0.4 is 5.73 Å². The lowest BCUT2D eigenvalue weighted by Gasteiger charge is -2.23. The Morgan fingerprint density at radius 3 is 2.67 bits per heavy atom. The van der Waals surface area contributed by atoms with E-state index in [0.717, 1.165) is 25.6 Å². The van der Waals surface area contributed by atoms with E-state index >= 15 is 0 Å². The van der Waals surface area contributed by atoms with Gasteiger partial charge in [-0.3, -0.25) is 0 Å². The van der Waals surface area contributed by atoms with Crippen LogP contribution in [0.15, 0.2) is 24.3 Å². The first kappa shape index (κ1) is 13.5. The van der Waals surface area contributed by atoms with Crippen molar-refractivity contribution in [3.8, 4) is 0 Å². The molecule has 0 heterocycles. The van der Waals surface area contributed by atoms with Gasteiger partial charge in [0.2, 0.25) is 0 Å². The number of benzene rings is 1. The minimum atomic E-state index is -0.190. The molecule has 2 nitrogen and oxygen atoms in total. The first-order valence-electron chi connectivity index (χ1n) is 6.96. The zero-order valence-corrected chi connectivity index (χ0v) is 11.1. The van der Waals surface area contributed by atoms with Crippen LogP contribution in [-0.4, -0.2) is 24.0 Å². The molecule has 0 aromatic heterocycles. The molecule has 2 N–H and O–H groups in total. The van der Waals surface area contributed by atoms with Gasteiger partial charge < -0.3 is 10.6 Å². The van der Waals surface area contributed by atoms with Gasteiger partial charge in [0, 0.05) is 24.2 Å². The van der Waals surface area contributed by atoms with E-state index < -0.39 is 0 Å². The van der Waals surface area contributed by atoms with Crippen LogP contribution in [0.3, 0.4) is 0 Å². The monoisotopic (exact) mass is 250 g/mol. The van der Waals surface area contributed by atoms with Crippen molar-refractivity contribution in [2.45, 2.75) is 44.7 Å². The molecule has 0 bridgehead atoms. The van der Waals surface area contributed by atoms with Crippen LogP contribution in [0, 0.1) is 5.82 Å². The Kier molecular flexibility index (Phi) is 4.72. The van der Waals surface area contributed by atoms with E-state index in [4.69, 9.17) is 5.73 Å². The van der Waals surface area contributed by atoms with E-state index in [-0.39, 0.29) is 11.9 Å². The normalized spacial score (nSPS) is 17.1. The highest BCUT2D eigenvalue weighted by Crippen LogP contribution is 2.28. The third-order valence-electron chi connectivity index (χ3n) is 3.61. The molecular formula is C15H23FN2. The van der Waals surface area contributed by atoms with Crippen molar-refractivity contribution in [3.05, 3.63) is 35.6 Å². The number of nitrogens with two attached hydrogens (primary N) is 1. The molecule has 100 valence electrons. The van der Waals surface area contributed by atoms with Crippen LogP contribution >= 0.6 is 0 Å². The molecule has 0 spiro atoms. The Labute approximate surface area is 109 Å². The summed E-state index contributed by atoms with van der Waals surface area (Å²) in [5, 5.41) is 0. The second-order valence-electron chi connectivity index (χ2n) is 5.18. The van der Waals surface area contributed by atoms with E-state index in [0.29, 0.717) is 5.56 Å². The van der Waals surface area contributed by atoms with Crippen molar-refractivity contribution in [1.82, 2.24) is 4.90 Å². The predicted molar refractivity (Wildman–Crippen MR) is 72.8 cm³/mol. The van der Waals surface area contributed by atoms with E-state index in [1.807, 2.05) is 6.07 Å². The maximum absolute atomic E-state index is 13.6. The lowest BCUT2D eigenvalue weighted by atomic mass is 10.0. The summed E-state index contributed by atoms with van der Waals surface area (Å²) >= 11 is 0. The van der Waals surface area contributed by atoms with Crippen LogP contribution in [0.4, 0.5) is 4.39 Å². The first-order chi connectivity index (χ1) is 8.72. The number of halogens is 1. The summed E-state index contributed by atoms with van der Waals surface area (Å²) in [6.07, 6.45) is 4.63. The Balaban J connectivity index is 1.87. The summed E-state index contributed by atoms with van der Waals surface area (Å²) < 4.78 is 13.6. The summed E-state index contributed by atoms with van der Waals surface area (Å²) in [6.45, 7) is 4.31. The van der Waals surface area contributed by atoms with Gasteiger partial charge in [0.25, 0.3) is 0 Å². The van der Waals surface area contributed by atoms with Crippen LogP contribution in [0.5, 0.6) is 0 Å². The molecule has 3 heteroatoms. The van der Waals surface area contributed by atoms with Crippen LogP contribution in [0.2, 0.25) is 0 Å². The van der Waals surface area contributed by atoms with E-state index in [1.165, 1.54) is 25.3 Å². The molecule has 1 unspecified atom stereocenters. The standard InChI is InChI=1S/C15H23FN2/c1-2-10-18(12-7-8-12)11-9-15(17)13-5-3-4-6-14(13)16/h3-6,12,15H,2,7-11,17H2,1H3. The van der Waals surface area contributed by atoms with Gasteiger partial charge in [0.1, 0.15) is 5.82 Å². The largest absolute Gasteiger partial charge is 0.324 e. The fourth-order valence-electron chi connectivity index (χ4n) is 2.44. The highest BCUT2D eigenvalue weighted by Gasteiger charge is 2.28. The Morgan fingerprint density at radius 1 is 1.33 bits per heavy atom. The van der Waals surface area contributed by atoms with Crippen LogP contribution in [0.1, 0.15) is 44.2 Å². The van der Waals surface area contributed by atoms with Gasteiger partial charge in [-0.15, -0.1) is 0 Å². The van der Waals surface area contributed by atoms with Gasteiger partial charge in [-0.1, -0.05) is 25.1 Å². The van der Waals surface area contributed by atoms with Gasteiger partial charge in [0.05, 0.1) is 0 Å². The molecule has 0 amide bonds. The molecule has 2 rings (SSSR count). The quantitative estimate of drug-likeness (QED) is 0.805. The average Bonchev–Trinajstić information content (AvgIpc) is 3.19. The third-order valence-corrected chi connectivity index (χ3v) is 3.61. The second-order valence-corrected chi connectivity index (χ2v) is 5.18. The SMILES string of the molecule is CCCN(CCC(N)c1ccccc1F)C1CC1. The Morgan fingerprint density at radius 2 is 2.06 bits per heavy atom. The summed E-state index contributed by atoms with van der Waals surface area (Å²) in [5.41, 5.74) is 6.74. The molecule has 0 aliphatic heterocycles. The van der Waals surface area contributed by atoms with Crippen LogP contribution in [-0.2, 0) is 0 Å². The van der Waals surface area contributed by atoms with Gasteiger partial charge >= 0.3 is 0 Å². The topological polar surface area (TPSA) is 29.3 Å². The van der Waals surface area contributed by atoms with E-state index in [2.05, 4.69) is 11.8 Å². The Bertz CT molecular complexity index is 377. The van der Waals surface area contributed by atoms with Crippen molar-refractivity contribution < 1.29 is 4.39 Å². The van der Waals surface area contributed by atoms with Crippen LogP contribution in [0.25, 0.3) is 0 Å². The minimum absolute atomic E-state index is 0.182. The summed E-state index contributed by atoms with van der Waals surface area (Å²) in [6, 6.07) is 7.41. The fraction of sp³-hybridized carbons (Fsp3) is 0.600. The van der Waals surface area contributed by atoms with Gasteiger partial charge in [-0.25, -0.2) is 4.39 Å². The zero-order valence-electron chi connectivity index (χ0n) is 11.1.